The van der Waals surface area contributed by atoms with E-state index >= 15 is 0 Å². The monoisotopic (exact) mass is 653 g/mol. The van der Waals surface area contributed by atoms with Crippen molar-refractivity contribution in [2.75, 3.05) is 0 Å². The van der Waals surface area contributed by atoms with Gasteiger partial charge in [-0.3, -0.25) is 33.8 Å². The average Bonchev–Trinajstić information content (AvgIpc) is 3.75. The number of rotatable bonds is 14. The van der Waals surface area contributed by atoms with E-state index < -0.39 is 64.9 Å². The zero-order valence-corrected chi connectivity index (χ0v) is 28.1. The summed E-state index contributed by atoms with van der Waals surface area (Å²) in [4.78, 5) is 87.5. The largest absolute Gasteiger partial charge is 0.351 e. The second-order valence-electron chi connectivity index (χ2n) is 14.4. The number of aromatic nitrogens is 2. The van der Waals surface area contributed by atoms with Crippen LogP contribution >= 0.6 is 0 Å². The Morgan fingerprint density at radius 1 is 0.830 bits per heavy atom. The number of amides is 5. The lowest BCUT2D eigenvalue weighted by atomic mass is 9.82. The minimum Gasteiger partial charge on any atom is -0.351 e. The van der Waals surface area contributed by atoms with Crippen LogP contribution in [0.4, 0.5) is 0 Å². The SMILES string of the molecule is CCC[C@H](NC(=O)[C@@H]1CCC[C@@H]1NC(=O)[C@@H](NC(=O)[C@@H](NC(=O)c1cnccn1)C1CCCCC1)C(C)(C)C)C(=O)C(=O)NC1CC1. The predicted molar refractivity (Wildman–Crippen MR) is 174 cm³/mol. The molecule has 13 heteroatoms. The Morgan fingerprint density at radius 3 is 2.17 bits per heavy atom. The number of carbonyl (C=O) groups is 6. The second-order valence-corrected chi connectivity index (χ2v) is 14.4. The van der Waals surface area contributed by atoms with Gasteiger partial charge in [0, 0.05) is 24.5 Å². The van der Waals surface area contributed by atoms with Gasteiger partial charge in [-0.15, -0.1) is 0 Å². The van der Waals surface area contributed by atoms with Crippen LogP contribution in [0.2, 0.25) is 0 Å². The second kappa shape index (κ2) is 16.3. The molecule has 1 aromatic rings. The van der Waals surface area contributed by atoms with Crippen LogP contribution in [0.1, 0.15) is 115 Å². The van der Waals surface area contributed by atoms with Gasteiger partial charge in [-0.2, -0.15) is 0 Å². The molecule has 0 aromatic carbocycles. The molecule has 5 atom stereocenters. The van der Waals surface area contributed by atoms with E-state index in [0.717, 1.165) is 44.9 Å². The lowest BCUT2D eigenvalue weighted by Gasteiger charge is -2.35. The molecule has 3 aliphatic carbocycles. The van der Waals surface area contributed by atoms with E-state index in [4.69, 9.17) is 0 Å². The predicted octanol–water partition coefficient (Wildman–Crippen LogP) is 2.10. The van der Waals surface area contributed by atoms with E-state index in [0.29, 0.717) is 32.1 Å². The van der Waals surface area contributed by atoms with Gasteiger partial charge >= 0.3 is 0 Å². The molecule has 47 heavy (non-hydrogen) atoms. The first-order valence-corrected chi connectivity index (χ1v) is 17.2. The Morgan fingerprint density at radius 2 is 1.55 bits per heavy atom. The smallest absolute Gasteiger partial charge is 0.289 e. The van der Waals surface area contributed by atoms with Crippen molar-refractivity contribution in [1.82, 2.24) is 36.6 Å². The summed E-state index contributed by atoms with van der Waals surface area (Å²) in [7, 11) is 0. The number of carbonyl (C=O) groups excluding carboxylic acids is 6. The first-order valence-electron chi connectivity index (χ1n) is 17.2. The minimum absolute atomic E-state index is 0.0301. The third-order valence-corrected chi connectivity index (χ3v) is 9.43. The summed E-state index contributed by atoms with van der Waals surface area (Å²) in [5.74, 6) is -3.77. The standard InChI is InChI=1S/C34H51N7O6/c1-5-10-24(27(42)32(46)37-21-15-16-21)39-29(43)22-13-9-14-23(22)38-33(47)28(34(2,3)4)41-31(45)26(20-11-7-6-8-12-20)40-30(44)25-19-35-17-18-36-25/h17-24,26,28H,5-16H2,1-4H3,(H,37,46)(H,38,47)(H,39,43)(H,40,44)(H,41,45)/t22-,23+,24+,26+,28-/m1/s1. The van der Waals surface area contributed by atoms with Crippen molar-refractivity contribution >= 4 is 35.3 Å². The molecule has 1 aromatic heterocycles. The van der Waals surface area contributed by atoms with Crippen LogP contribution in [0.25, 0.3) is 0 Å². The fourth-order valence-electron chi connectivity index (χ4n) is 6.60. The molecule has 0 bridgehead atoms. The van der Waals surface area contributed by atoms with Crippen LogP contribution in [-0.2, 0) is 24.0 Å². The summed E-state index contributed by atoms with van der Waals surface area (Å²) in [5.41, 5.74) is -0.599. The summed E-state index contributed by atoms with van der Waals surface area (Å²) >= 11 is 0. The fraction of sp³-hybridized carbons (Fsp3) is 0.706. The number of nitrogens with one attached hydrogen (secondary N) is 5. The summed E-state index contributed by atoms with van der Waals surface area (Å²) in [6.07, 6.45) is 13.1. The van der Waals surface area contributed by atoms with Gasteiger partial charge in [0.1, 0.15) is 17.8 Å². The highest BCUT2D eigenvalue weighted by Gasteiger charge is 2.42. The number of ketones is 1. The van der Waals surface area contributed by atoms with Crippen LogP contribution in [0.5, 0.6) is 0 Å². The Hall–Kier alpha value is -3.90. The van der Waals surface area contributed by atoms with Gasteiger partial charge < -0.3 is 26.6 Å². The number of Topliss-reactive ketones (excluding diaryl/α,β-unsaturated/α-hetero) is 1. The lowest BCUT2D eigenvalue weighted by molar-refractivity contribution is -0.140. The molecular formula is C34H51N7O6. The summed E-state index contributed by atoms with van der Waals surface area (Å²) in [5, 5.41) is 14.3. The topological polar surface area (TPSA) is 188 Å². The Labute approximate surface area is 277 Å². The molecule has 0 unspecified atom stereocenters. The van der Waals surface area contributed by atoms with Crippen molar-refractivity contribution in [1.29, 1.82) is 0 Å². The van der Waals surface area contributed by atoms with Crippen molar-refractivity contribution < 1.29 is 28.8 Å². The van der Waals surface area contributed by atoms with Crippen molar-refractivity contribution in [3.05, 3.63) is 24.3 Å². The molecule has 3 fully saturated rings. The molecular weight excluding hydrogens is 602 g/mol. The molecule has 1 heterocycles. The van der Waals surface area contributed by atoms with E-state index in [9.17, 15) is 28.8 Å². The third-order valence-electron chi connectivity index (χ3n) is 9.43. The molecule has 3 aliphatic rings. The van der Waals surface area contributed by atoms with E-state index in [1.807, 2.05) is 27.7 Å². The normalized spacial score (nSPS) is 21.9. The third kappa shape index (κ3) is 10.0. The molecule has 13 nitrogen and oxygen atoms in total. The molecule has 0 aliphatic heterocycles. The van der Waals surface area contributed by atoms with Crippen molar-refractivity contribution in [2.24, 2.45) is 17.3 Å². The zero-order chi connectivity index (χ0) is 34.1. The maximum atomic E-state index is 13.9. The first kappa shape index (κ1) is 35.9. The van der Waals surface area contributed by atoms with Crippen molar-refractivity contribution in [3.63, 3.8) is 0 Å². The van der Waals surface area contributed by atoms with Crippen molar-refractivity contribution in [2.45, 2.75) is 135 Å². The number of hydrogen-bond donors (Lipinski definition) is 5. The fourth-order valence-corrected chi connectivity index (χ4v) is 6.60. The van der Waals surface area contributed by atoms with Crippen LogP contribution in [0, 0.1) is 17.3 Å². The molecule has 0 spiro atoms. The summed E-state index contributed by atoms with van der Waals surface area (Å²) in [6.45, 7) is 7.41. The molecule has 0 saturated heterocycles. The number of hydrogen-bond acceptors (Lipinski definition) is 8. The number of nitrogens with zero attached hydrogens (tertiary/aromatic N) is 2. The van der Waals surface area contributed by atoms with Gasteiger partial charge in [-0.25, -0.2) is 4.98 Å². The summed E-state index contributed by atoms with van der Waals surface area (Å²) in [6, 6.07) is -3.23. The van der Waals surface area contributed by atoms with Gasteiger partial charge in [0.25, 0.3) is 11.8 Å². The van der Waals surface area contributed by atoms with Gasteiger partial charge in [-0.05, 0) is 56.3 Å². The van der Waals surface area contributed by atoms with Gasteiger partial charge in [0.2, 0.25) is 23.5 Å². The molecule has 5 N–H and O–H groups in total. The maximum absolute atomic E-state index is 13.9. The van der Waals surface area contributed by atoms with Crippen LogP contribution in [0.15, 0.2) is 18.6 Å². The summed E-state index contributed by atoms with van der Waals surface area (Å²) < 4.78 is 0. The van der Waals surface area contributed by atoms with Gasteiger partial charge in [0.05, 0.1) is 18.2 Å². The van der Waals surface area contributed by atoms with E-state index in [1.165, 1.54) is 18.6 Å². The highest BCUT2D eigenvalue weighted by Crippen LogP contribution is 2.30. The van der Waals surface area contributed by atoms with E-state index in [2.05, 4.69) is 36.6 Å². The molecule has 5 amide bonds. The molecule has 4 rings (SSSR count). The Balaban J connectivity index is 1.43. The highest BCUT2D eigenvalue weighted by molar-refractivity contribution is 6.38. The van der Waals surface area contributed by atoms with Gasteiger partial charge in [0.15, 0.2) is 0 Å². The quantitative estimate of drug-likeness (QED) is 0.189. The van der Waals surface area contributed by atoms with Crippen LogP contribution < -0.4 is 26.6 Å². The minimum atomic E-state index is -0.959. The molecule has 3 saturated carbocycles. The van der Waals surface area contributed by atoms with Crippen LogP contribution in [0.3, 0.4) is 0 Å². The van der Waals surface area contributed by atoms with E-state index in [1.54, 1.807) is 0 Å². The molecule has 0 radical (unpaired) electrons. The van der Waals surface area contributed by atoms with Crippen molar-refractivity contribution in [3.8, 4) is 0 Å². The highest BCUT2D eigenvalue weighted by atomic mass is 16.2. The maximum Gasteiger partial charge on any atom is 0.289 e. The Kier molecular flexibility index (Phi) is 12.4. The first-order chi connectivity index (χ1) is 22.4. The zero-order valence-electron chi connectivity index (χ0n) is 28.1. The average molecular weight is 654 g/mol. The van der Waals surface area contributed by atoms with Gasteiger partial charge in [-0.1, -0.05) is 59.8 Å². The molecule has 258 valence electrons. The van der Waals surface area contributed by atoms with Crippen LogP contribution in [-0.4, -0.2) is 75.5 Å². The lowest BCUT2D eigenvalue weighted by Crippen LogP contribution is -2.61. The Bertz CT molecular complexity index is 1290. The van der Waals surface area contributed by atoms with E-state index in [-0.39, 0.29) is 23.6 Å².